The van der Waals surface area contributed by atoms with E-state index in [-0.39, 0.29) is 6.61 Å². The first-order valence-electron chi connectivity index (χ1n) is 3.67. The molecule has 0 saturated carbocycles. The molecule has 0 bridgehead atoms. The second-order valence-corrected chi connectivity index (χ2v) is 3.17. The van der Waals surface area contributed by atoms with Crippen LogP contribution in [0.2, 0.25) is 0 Å². The van der Waals surface area contributed by atoms with Gasteiger partial charge in [-0.2, -0.15) is 0 Å². The minimum absolute atomic E-state index is 0.262. The van der Waals surface area contributed by atoms with Crippen molar-refractivity contribution in [1.29, 1.82) is 0 Å². The van der Waals surface area contributed by atoms with E-state index in [0.717, 1.165) is 0 Å². The van der Waals surface area contributed by atoms with Gasteiger partial charge in [-0.1, -0.05) is 0 Å². The highest BCUT2D eigenvalue weighted by Gasteiger charge is 2.49. The van der Waals surface area contributed by atoms with Crippen molar-refractivity contribution in [2.45, 2.75) is 37.8 Å². The van der Waals surface area contributed by atoms with Gasteiger partial charge in [-0.3, -0.25) is 0 Å². The third-order valence-corrected chi connectivity index (χ3v) is 2.33. The van der Waals surface area contributed by atoms with Crippen LogP contribution >= 0.6 is 0 Å². The maximum absolute atomic E-state index is 9.55. The number of ether oxygens (including phenoxy) is 1. The predicted molar refractivity (Wildman–Crippen MR) is 38.1 cm³/mol. The van der Waals surface area contributed by atoms with Gasteiger partial charge < -0.3 is 20.1 Å². The first kappa shape index (κ1) is 8.93. The van der Waals surface area contributed by atoms with E-state index < -0.39 is 23.9 Å². The van der Waals surface area contributed by atoms with Crippen molar-refractivity contribution in [1.82, 2.24) is 0 Å². The number of aliphatic hydroxyl groups is 3. The van der Waals surface area contributed by atoms with Gasteiger partial charge in [0.25, 0.3) is 0 Å². The van der Waals surface area contributed by atoms with E-state index in [1.807, 2.05) is 0 Å². The van der Waals surface area contributed by atoms with Crippen LogP contribution in [-0.2, 0) is 4.74 Å². The van der Waals surface area contributed by atoms with E-state index in [1.165, 1.54) is 6.92 Å². The summed E-state index contributed by atoms with van der Waals surface area (Å²) in [5.74, 6) is 0. The molecule has 1 heterocycles. The summed E-state index contributed by atoms with van der Waals surface area (Å²) in [5.41, 5.74) is -1.24. The van der Waals surface area contributed by atoms with Gasteiger partial charge in [-0.25, -0.2) is 0 Å². The highest BCUT2D eigenvalue weighted by Crippen LogP contribution is 2.29. The molecule has 0 aromatic heterocycles. The number of hydrogen-bond acceptors (Lipinski definition) is 4. The third-order valence-electron chi connectivity index (χ3n) is 2.33. The number of hydrogen-bond donors (Lipinski definition) is 3. The van der Waals surface area contributed by atoms with Crippen LogP contribution < -0.4 is 0 Å². The lowest BCUT2D eigenvalue weighted by molar-refractivity contribution is -0.0572. The summed E-state index contributed by atoms with van der Waals surface area (Å²) in [6.45, 7) is 2.90. The van der Waals surface area contributed by atoms with Gasteiger partial charge in [-0.05, 0) is 13.8 Å². The van der Waals surface area contributed by atoms with Gasteiger partial charge >= 0.3 is 0 Å². The normalized spacial score (nSPS) is 51.5. The number of aliphatic hydroxyl groups excluding tert-OH is 2. The van der Waals surface area contributed by atoms with E-state index in [0.29, 0.717) is 0 Å². The fraction of sp³-hybridized carbons (Fsp3) is 1.00. The highest BCUT2D eigenvalue weighted by atomic mass is 16.6. The summed E-state index contributed by atoms with van der Waals surface area (Å²) in [7, 11) is 0. The Bertz CT molecular complexity index is 145. The van der Waals surface area contributed by atoms with Crippen molar-refractivity contribution in [2.24, 2.45) is 0 Å². The van der Waals surface area contributed by atoms with Gasteiger partial charge in [0.2, 0.25) is 0 Å². The smallest absolute Gasteiger partial charge is 0.116 e. The van der Waals surface area contributed by atoms with Crippen molar-refractivity contribution in [2.75, 3.05) is 6.61 Å². The highest BCUT2D eigenvalue weighted by molar-refractivity contribution is 4.98. The first-order chi connectivity index (χ1) is 5.00. The molecule has 4 atom stereocenters. The van der Waals surface area contributed by atoms with E-state index in [1.54, 1.807) is 6.92 Å². The molecule has 0 aromatic rings. The molecule has 4 nitrogen and oxygen atoms in total. The number of rotatable bonds is 1. The maximum atomic E-state index is 9.55. The molecule has 1 saturated heterocycles. The molecule has 66 valence electrons. The van der Waals surface area contributed by atoms with E-state index in [2.05, 4.69) is 0 Å². The van der Waals surface area contributed by atoms with Crippen molar-refractivity contribution >= 4 is 0 Å². The van der Waals surface area contributed by atoms with Crippen LogP contribution in [0, 0.1) is 0 Å². The molecular weight excluding hydrogens is 148 g/mol. The lowest BCUT2D eigenvalue weighted by atomic mass is 9.94. The Kier molecular flexibility index (Phi) is 2.20. The average Bonchev–Trinajstić information content (AvgIpc) is 2.14. The Labute approximate surface area is 65.4 Å². The zero-order chi connectivity index (χ0) is 8.65. The standard InChI is InChI=1S/C7H14O4/c1-4-7(2,10)6(9)5(3-8)11-4/h4-6,8-10H,3H2,1-2H3/t4-,5+,6?,7?/m0/s1. The molecule has 4 heteroatoms. The summed E-state index contributed by atoms with van der Waals surface area (Å²) >= 11 is 0. The molecule has 2 unspecified atom stereocenters. The molecular formula is C7H14O4. The van der Waals surface area contributed by atoms with E-state index >= 15 is 0 Å². The van der Waals surface area contributed by atoms with Crippen molar-refractivity contribution in [3.05, 3.63) is 0 Å². The van der Waals surface area contributed by atoms with Gasteiger partial charge in [0.05, 0.1) is 12.7 Å². The van der Waals surface area contributed by atoms with Gasteiger partial charge in [-0.15, -0.1) is 0 Å². The van der Waals surface area contributed by atoms with Crippen LogP contribution in [0.1, 0.15) is 13.8 Å². The largest absolute Gasteiger partial charge is 0.394 e. The van der Waals surface area contributed by atoms with Crippen LogP contribution in [0.4, 0.5) is 0 Å². The molecule has 0 amide bonds. The van der Waals surface area contributed by atoms with Gasteiger partial charge in [0.15, 0.2) is 0 Å². The van der Waals surface area contributed by atoms with E-state index in [4.69, 9.17) is 9.84 Å². The average molecular weight is 162 g/mol. The molecule has 1 aliphatic rings. The predicted octanol–water partition coefficient (Wildman–Crippen LogP) is -1.12. The quantitative estimate of drug-likeness (QED) is 0.456. The summed E-state index contributed by atoms with van der Waals surface area (Å²) in [6.07, 6.45) is -2.09. The van der Waals surface area contributed by atoms with Crippen molar-refractivity contribution in [3.63, 3.8) is 0 Å². The van der Waals surface area contributed by atoms with Crippen LogP contribution in [0.5, 0.6) is 0 Å². The third kappa shape index (κ3) is 1.27. The van der Waals surface area contributed by atoms with Crippen LogP contribution in [0.15, 0.2) is 0 Å². The van der Waals surface area contributed by atoms with Gasteiger partial charge in [0, 0.05) is 0 Å². The Hall–Kier alpha value is -0.160. The zero-order valence-electron chi connectivity index (χ0n) is 6.69. The molecule has 1 aliphatic heterocycles. The lowest BCUT2D eigenvalue weighted by Crippen LogP contribution is -2.44. The topological polar surface area (TPSA) is 69.9 Å². The summed E-state index contributed by atoms with van der Waals surface area (Å²) in [4.78, 5) is 0. The Morgan fingerprint density at radius 3 is 2.27 bits per heavy atom. The fourth-order valence-corrected chi connectivity index (χ4v) is 1.23. The fourth-order valence-electron chi connectivity index (χ4n) is 1.23. The van der Waals surface area contributed by atoms with Crippen LogP contribution in [0.3, 0.4) is 0 Å². The van der Waals surface area contributed by atoms with Crippen molar-refractivity contribution < 1.29 is 20.1 Å². The monoisotopic (exact) mass is 162 g/mol. The Morgan fingerprint density at radius 1 is 1.55 bits per heavy atom. The Balaban J connectivity index is 2.71. The van der Waals surface area contributed by atoms with Crippen LogP contribution in [0.25, 0.3) is 0 Å². The molecule has 0 radical (unpaired) electrons. The molecule has 11 heavy (non-hydrogen) atoms. The zero-order valence-corrected chi connectivity index (χ0v) is 6.69. The molecule has 0 aliphatic carbocycles. The van der Waals surface area contributed by atoms with Gasteiger partial charge in [0.1, 0.15) is 17.8 Å². The molecule has 0 aromatic carbocycles. The minimum atomic E-state index is -1.24. The molecule has 0 spiro atoms. The van der Waals surface area contributed by atoms with Crippen molar-refractivity contribution in [3.8, 4) is 0 Å². The molecule has 1 rings (SSSR count). The lowest BCUT2D eigenvalue weighted by Gasteiger charge is -2.23. The maximum Gasteiger partial charge on any atom is 0.116 e. The SMILES string of the molecule is C[C@@H]1O[C@H](CO)C(O)C1(C)O. The second-order valence-electron chi connectivity index (χ2n) is 3.17. The molecule has 1 fully saturated rings. The Morgan fingerprint density at radius 2 is 2.09 bits per heavy atom. The summed E-state index contributed by atoms with van der Waals surface area (Å²) in [6, 6.07) is 0. The first-order valence-corrected chi connectivity index (χ1v) is 3.67. The minimum Gasteiger partial charge on any atom is -0.394 e. The summed E-state index contributed by atoms with van der Waals surface area (Å²) in [5, 5.41) is 27.6. The van der Waals surface area contributed by atoms with Crippen LogP contribution in [-0.4, -0.2) is 45.8 Å². The second kappa shape index (κ2) is 2.71. The summed E-state index contributed by atoms with van der Waals surface area (Å²) < 4.78 is 5.09. The molecule has 3 N–H and O–H groups in total. The van der Waals surface area contributed by atoms with E-state index in [9.17, 15) is 10.2 Å².